The minimum Gasteiger partial charge on any atom is -0.460 e. The third-order valence-corrected chi connectivity index (χ3v) is 5.75. The zero-order chi connectivity index (χ0) is 25.2. The van der Waals surface area contributed by atoms with Crippen LogP contribution in [0.4, 0.5) is 0 Å². The standard InChI is InChI=1S/C28H32N4O3/c1-7-32-24(20-11-9-8-10-12-20)17-23(30-32)27-29-26(31-35-27)21-15-18(2)22(19(3)16-21)13-14-25(33)34-28(4,5)6/h8-12,15-17H,7,13-14H2,1-6H3. The average Bonchev–Trinajstić information content (AvgIpc) is 3.45. The lowest BCUT2D eigenvalue weighted by Gasteiger charge is -2.20. The average molecular weight is 473 g/mol. The number of rotatable bonds is 7. The second kappa shape index (κ2) is 9.86. The summed E-state index contributed by atoms with van der Waals surface area (Å²) in [6, 6.07) is 16.2. The number of carbonyl (C=O) groups excluding carboxylic acids is 1. The van der Waals surface area contributed by atoms with E-state index in [1.165, 1.54) is 0 Å². The van der Waals surface area contributed by atoms with Crippen molar-refractivity contribution < 1.29 is 14.1 Å². The Labute approximate surface area is 206 Å². The van der Waals surface area contributed by atoms with Gasteiger partial charge in [0, 0.05) is 18.5 Å². The zero-order valence-electron chi connectivity index (χ0n) is 21.3. The van der Waals surface area contributed by atoms with E-state index in [-0.39, 0.29) is 5.97 Å². The number of ether oxygens (including phenoxy) is 1. The summed E-state index contributed by atoms with van der Waals surface area (Å²) in [7, 11) is 0. The normalized spacial score (nSPS) is 11.6. The molecule has 4 rings (SSSR count). The first-order valence-corrected chi connectivity index (χ1v) is 11.9. The van der Waals surface area contributed by atoms with E-state index >= 15 is 0 Å². The molecule has 7 nitrogen and oxygen atoms in total. The van der Waals surface area contributed by atoms with E-state index in [0.29, 0.717) is 30.3 Å². The number of hydrogen-bond donors (Lipinski definition) is 0. The maximum atomic E-state index is 12.2. The molecule has 0 aliphatic rings. The van der Waals surface area contributed by atoms with E-state index in [0.717, 1.165) is 40.1 Å². The maximum absolute atomic E-state index is 12.2. The molecular weight excluding hydrogens is 440 g/mol. The van der Waals surface area contributed by atoms with E-state index in [1.54, 1.807) is 0 Å². The van der Waals surface area contributed by atoms with E-state index in [4.69, 9.17) is 9.26 Å². The highest BCUT2D eigenvalue weighted by Crippen LogP contribution is 2.29. The molecule has 2 aromatic heterocycles. The molecule has 0 saturated heterocycles. The summed E-state index contributed by atoms with van der Waals surface area (Å²) in [5, 5.41) is 8.89. The molecule has 182 valence electrons. The Morgan fingerprint density at radius 2 is 1.71 bits per heavy atom. The van der Waals surface area contributed by atoms with E-state index in [1.807, 2.05) is 75.7 Å². The molecule has 0 amide bonds. The van der Waals surface area contributed by atoms with Gasteiger partial charge in [-0.05, 0) is 88.4 Å². The molecule has 0 spiro atoms. The van der Waals surface area contributed by atoms with Crippen molar-refractivity contribution in [2.75, 3.05) is 0 Å². The molecule has 0 atom stereocenters. The number of carbonyl (C=O) groups is 1. The topological polar surface area (TPSA) is 83.0 Å². The van der Waals surface area contributed by atoms with Gasteiger partial charge in [0.2, 0.25) is 5.82 Å². The van der Waals surface area contributed by atoms with Crippen molar-refractivity contribution >= 4 is 5.97 Å². The van der Waals surface area contributed by atoms with Crippen molar-refractivity contribution in [1.82, 2.24) is 19.9 Å². The van der Waals surface area contributed by atoms with Gasteiger partial charge in [0.15, 0.2) is 5.69 Å². The molecule has 0 aliphatic carbocycles. The van der Waals surface area contributed by atoms with E-state index < -0.39 is 5.60 Å². The van der Waals surface area contributed by atoms with Gasteiger partial charge in [0.25, 0.3) is 5.89 Å². The predicted molar refractivity (Wildman–Crippen MR) is 136 cm³/mol. The highest BCUT2D eigenvalue weighted by Gasteiger charge is 2.19. The van der Waals surface area contributed by atoms with Crippen LogP contribution in [0.2, 0.25) is 0 Å². The quantitative estimate of drug-likeness (QED) is 0.299. The van der Waals surface area contributed by atoms with Crippen LogP contribution < -0.4 is 0 Å². The fourth-order valence-electron chi connectivity index (χ4n) is 4.18. The summed E-state index contributed by atoms with van der Waals surface area (Å²) >= 11 is 0. The second-order valence-corrected chi connectivity index (χ2v) is 9.69. The summed E-state index contributed by atoms with van der Waals surface area (Å²) < 4.78 is 13.0. The van der Waals surface area contributed by atoms with E-state index in [2.05, 4.69) is 34.3 Å². The molecule has 4 aromatic rings. The molecule has 0 aliphatic heterocycles. The Morgan fingerprint density at radius 3 is 2.34 bits per heavy atom. The Morgan fingerprint density at radius 1 is 1.03 bits per heavy atom. The molecule has 2 heterocycles. The molecule has 0 fully saturated rings. The van der Waals surface area contributed by atoms with Crippen LogP contribution in [-0.4, -0.2) is 31.5 Å². The number of nitrogens with zero attached hydrogens (tertiary/aromatic N) is 4. The Balaban J connectivity index is 1.55. The SMILES string of the molecule is CCn1nc(-c2nc(-c3cc(C)c(CCC(=O)OC(C)(C)C)c(C)c3)no2)cc1-c1ccccc1. The number of hydrogen-bond acceptors (Lipinski definition) is 6. The molecule has 7 heteroatoms. The van der Waals surface area contributed by atoms with Crippen molar-refractivity contribution in [1.29, 1.82) is 0 Å². The number of aryl methyl sites for hydroxylation is 3. The highest BCUT2D eigenvalue weighted by atomic mass is 16.6. The van der Waals surface area contributed by atoms with Crippen molar-refractivity contribution in [3.05, 3.63) is 65.2 Å². The largest absolute Gasteiger partial charge is 0.460 e. The molecular formula is C28H32N4O3. The van der Waals surface area contributed by atoms with Crippen LogP contribution in [0.25, 0.3) is 34.2 Å². The first kappa shape index (κ1) is 24.4. The summed E-state index contributed by atoms with van der Waals surface area (Å²) in [5.74, 6) is 0.704. The lowest BCUT2D eigenvalue weighted by atomic mass is 9.95. The zero-order valence-corrected chi connectivity index (χ0v) is 21.3. The number of aromatic nitrogens is 4. The molecule has 35 heavy (non-hydrogen) atoms. The molecule has 0 N–H and O–H groups in total. The summed E-state index contributed by atoms with van der Waals surface area (Å²) in [6.07, 6.45) is 0.968. The second-order valence-electron chi connectivity index (χ2n) is 9.69. The first-order valence-electron chi connectivity index (χ1n) is 11.9. The number of esters is 1. The fraction of sp³-hybridized carbons (Fsp3) is 0.357. The van der Waals surface area contributed by atoms with Gasteiger partial charge in [-0.3, -0.25) is 9.48 Å². The third kappa shape index (κ3) is 5.67. The molecule has 0 saturated carbocycles. The van der Waals surface area contributed by atoms with Crippen molar-refractivity contribution in [2.45, 2.75) is 66.5 Å². The van der Waals surface area contributed by atoms with Crippen molar-refractivity contribution in [3.8, 4) is 34.2 Å². The smallest absolute Gasteiger partial charge is 0.306 e. The third-order valence-electron chi connectivity index (χ3n) is 5.75. The Bertz CT molecular complexity index is 1310. The van der Waals surface area contributed by atoms with Crippen LogP contribution in [0, 0.1) is 13.8 Å². The summed E-state index contributed by atoms with van der Waals surface area (Å²) in [4.78, 5) is 16.8. The lowest BCUT2D eigenvalue weighted by Crippen LogP contribution is -2.24. The summed E-state index contributed by atoms with van der Waals surface area (Å²) in [6.45, 7) is 12.5. The fourth-order valence-corrected chi connectivity index (χ4v) is 4.18. The van der Waals surface area contributed by atoms with E-state index in [9.17, 15) is 4.79 Å². The Kier molecular flexibility index (Phi) is 6.87. The summed E-state index contributed by atoms with van der Waals surface area (Å²) in [5.41, 5.74) is 6.42. The van der Waals surface area contributed by atoms with Gasteiger partial charge in [-0.15, -0.1) is 0 Å². The van der Waals surface area contributed by atoms with Crippen molar-refractivity contribution in [2.24, 2.45) is 0 Å². The van der Waals surface area contributed by atoms with Gasteiger partial charge >= 0.3 is 5.97 Å². The van der Waals surface area contributed by atoms with Crippen LogP contribution in [0.5, 0.6) is 0 Å². The van der Waals surface area contributed by atoms with Crippen LogP contribution in [0.15, 0.2) is 53.1 Å². The first-order chi connectivity index (χ1) is 16.6. The van der Waals surface area contributed by atoms with Gasteiger partial charge in [0.1, 0.15) is 5.60 Å². The van der Waals surface area contributed by atoms with Crippen LogP contribution in [0.3, 0.4) is 0 Å². The van der Waals surface area contributed by atoms with Crippen LogP contribution in [-0.2, 0) is 22.5 Å². The lowest BCUT2D eigenvalue weighted by molar-refractivity contribution is -0.154. The Hall–Kier alpha value is -3.74. The monoisotopic (exact) mass is 472 g/mol. The molecule has 0 radical (unpaired) electrons. The minimum atomic E-state index is -0.476. The highest BCUT2D eigenvalue weighted by molar-refractivity contribution is 5.71. The van der Waals surface area contributed by atoms with Gasteiger partial charge in [-0.2, -0.15) is 10.1 Å². The maximum Gasteiger partial charge on any atom is 0.306 e. The van der Waals surface area contributed by atoms with Gasteiger partial charge < -0.3 is 9.26 Å². The van der Waals surface area contributed by atoms with Crippen LogP contribution in [0.1, 0.15) is 50.8 Å². The van der Waals surface area contributed by atoms with Crippen LogP contribution >= 0.6 is 0 Å². The van der Waals surface area contributed by atoms with Gasteiger partial charge in [-0.25, -0.2) is 0 Å². The van der Waals surface area contributed by atoms with Gasteiger partial charge in [-0.1, -0.05) is 35.5 Å². The molecule has 2 aromatic carbocycles. The predicted octanol–water partition coefficient (Wildman–Crippen LogP) is 6.18. The number of benzene rings is 2. The van der Waals surface area contributed by atoms with Crippen molar-refractivity contribution in [3.63, 3.8) is 0 Å². The molecule has 0 bridgehead atoms. The van der Waals surface area contributed by atoms with Gasteiger partial charge in [0.05, 0.1) is 5.69 Å². The molecule has 0 unspecified atom stereocenters. The minimum absolute atomic E-state index is 0.190.